The molecule has 0 radical (unpaired) electrons. The van der Waals surface area contributed by atoms with Crippen LogP contribution in [0.25, 0.3) is 0 Å². The van der Waals surface area contributed by atoms with Gasteiger partial charge in [0, 0.05) is 12.5 Å². The number of aliphatic carboxylic acids is 1. The molecule has 3 nitrogen and oxygen atoms in total. The van der Waals surface area contributed by atoms with Gasteiger partial charge >= 0.3 is 5.97 Å². The van der Waals surface area contributed by atoms with Crippen molar-refractivity contribution in [3.8, 4) is 0 Å². The fourth-order valence-corrected chi connectivity index (χ4v) is 0.693. The van der Waals surface area contributed by atoms with Gasteiger partial charge in [-0.1, -0.05) is 6.08 Å². The molecule has 11 heavy (non-hydrogen) atoms. The van der Waals surface area contributed by atoms with Crippen molar-refractivity contribution < 1.29 is 14.6 Å². The van der Waals surface area contributed by atoms with Crippen molar-refractivity contribution in [1.82, 2.24) is 0 Å². The summed E-state index contributed by atoms with van der Waals surface area (Å²) in [7, 11) is 0. The van der Waals surface area contributed by atoms with Gasteiger partial charge in [-0.15, -0.1) is 0 Å². The lowest BCUT2D eigenvalue weighted by Crippen LogP contribution is -1.85. The second kappa shape index (κ2) is 3.61. The molecule has 0 bridgehead atoms. The summed E-state index contributed by atoms with van der Waals surface area (Å²) >= 11 is 0. The summed E-state index contributed by atoms with van der Waals surface area (Å²) in [4.78, 5) is 10.0. The maximum absolute atomic E-state index is 10.0. The molecule has 0 atom stereocenters. The van der Waals surface area contributed by atoms with E-state index in [9.17, 15) is 4.79 Å². The van der Waals surface area contributed by atoms with Crippen LogP contribution in [0.15, 0.2) is 36.3 Å². The van der Waals surface area contributed by atoms with Crippen LogP contribution in [0.3, 0.4) is 0 Å². The van der Waals surface area contributed by atoms with Crippen LogP contribution >= 0.6 is 0 Å². The molecule has 0 aliphatic carbocycles. The predicted octanol–water partition coefficient (Wildman–Crippen LogP) is 1.45. The third kappa shape index (κ3) is 2.71. The van der Waals surface area contributed by atoms with Crippen LogP contribution in [0.2, 0.25) is 0 Å². The molecule has 0 fully saturated rings. The van der Waals surface area contributed by atoms with Gasteiger partial charge in [-0.05, 0) is 12.2 Å². The third-order valence-corrected chi connectivity index (χ3v) is 1.16. The van der Waals surface area contributed by atoms with E-state index in [1.165, 1.54) is 6.08 Å². The molecule has 1 aliphatic rings. The first kappa shape index (κ1) is 7.60. The Bertz CT molecular complexity index is 226. The molecule has 0 saturated heterocycles. The number of hydrogen-bond acceptors (Lipinski definition) is 2. The number of allylic oxidation sites excluding steroid dienone is 3. The summed E-state index contributed by atoms with van der Waals surface area (Å²) in [5, 5.41) is 8.21. The fourth-order valence-electron chi connectivity index (χ4n) is 0.693. The second-order valence-electron chi connectivity index (χ2n) is 2.02. The van der Waals surface area contributed by atoms with Gasteiger partial charge in [0.15, 0.2) is 0 Å². The number of carboxylic acids is 1. The molecule has 0 aromatic heterocycles. The van der Waals surface area contributed by atoms with Gasteiger partial charge in [0.25, 0.3) is 0 Å². The average molecular weight is 152 g/mol. The van der Waals surface area contributed by atoms with E-state index in [0.29, 0.717) is 0 Å². The molecule has 0 aromatic carbocycles. The zero-order valence-corrected chi connectivity index (χ0v) is 5.86. The van der Waals surface area contributed by atoms with E-state index in [4.69, 9.17) is 9.84 Å². The molecule has 0 aromatic rings. The predicted molar refractivity (Wildman–Crippen MR) is 39.7 cm³/mol. The van der Waals surface area contributed by atoms with Crippen molar-refractivity contribution in [2.24, 2.45) is 0 Å². The normalized spacial score (nSPS) is 19.5. The summed E-state index contributed by atoms with van der Waals surface area (Å²) in [6, 6.07) is 0. The Morgan fingerprint density at radius 3 is 3.09 bits per heavy atom. The maximum Gasteiger partial charge on any atom is 0.328 e. The van der Waals surface area contributed by atoms with Crippen molar-refractivity contribution in [1.29, 1.82) is 0 Å². The largest absolute Gasteiger partial charge is 0.478 e. The van der Waals surface area contributed by atoms with E-state index >= 15 is 0 Å². The Morgan fingerprint density at radius 1 is 1.73 bits per heavy atom. The van der Waals surface area contributed by atoms with E-state index in [-0.39, 0.29) is 0 Å². The first-order chi connectivity index (χ1) is 5.29. The van der Waals surface area contributed by atoms with E-state index in [2.05, 4.69) is 0 Å². The highest BCUT2D eigenvalue weighted by Gasteiger charge is 1.97. The fraction of sp³-hybridized carbons (Fsp3) is 0.125. The van der Waals surface area contributed by atoms with Gasteiger partial charge in [0.05, 0.1) is 6.26 Å². The van der Waals surface area contributed by atoms with E-state index in [1.807, 2.05) is 6.08 Å². The highest BCUT2D eigenvalue weighted by atomic mass is 16.5. The Labute approximate surface area is 64.3 Å². The minimum absolute atomic E-state index is 0.740. The average Bonchev–Trinajstić information content (AvgIpc) is 2.39. The Morgan fingerprint density at radius 2 is 2.55 bits per heavy atom. The molecule has 0 spiro atoms. The van der Waals surface area contributed by atoms with Crippen molar-refractivity contribution in [2.75, 3.05) is 0 Å². The van der Waals surface area contributed by atoms with Crippen molar-refractivity contribution in [2.45, 2.75) is 6.42 Å². The molecular formula is C8H8O3. The molecule has 1 aliphatic heterocycles. The van der Waals surface area contributed by atoms with Crippen molar-refractivity contribution in [3.63, 3.8) is 0 Å². The molecule has 0 saturated carbocycles. The summed E-state index contributed by atoms with van der Waals surface area (Å²) in [5.41, 5.74) is 0. The number of rotatable bonds is 2. The summed E-state index contributed by atoms with van der Waals surface area (Å²) < 4.78 is 4.97. The van der Waals surface area contributed by atoms with E-state index < -0.39 is 5.97 Å². The number of carboxylic acid groups (broad SMARTS) is 1. The lowest BCUT2D eigenvalue weighted by atomic mass is 10.3. The Kier molecular flexibility index (Phi) is 2.49. The van der Waals surface area contributed by atoms with Gasteiger partial charge in [0.2, 0.25) is 0 Å². The van der Waals surface area contributed by atoms with Crippen LogP contribution in [0.1, 0.15) is 6.42 Å². The number of carbonyl (C=O) groups is 1. The van der Waals surface area contributed by atoms with Crippen LogP contribution in [-0.4, -0.2) is 11.1 Å². The van der Waals surface area contributed by atoms with Gasteiger partial charge in [-0.3, -0.25) is 0 Å². The maximum atomic E-state index is 10.0. The SMILES string of the molecule is O=C(O)C=CC=C1CC=CO1. The smallest absolute Gasteiger partial charge is 0.328 e. The summed E-state index contributed by atoms with van der Waals surface area (Å²) in [6.07, 6.45) is 8.33. The zero-order valence-electron chi connectivity index (χ0n) is 5.86. The van der Waals surface area contributed by atoms with Crippen LogP contribution in [0, 0.1) is 0 Å². The zero-order chi connectivity index (χ0) is 8.10. The molecule has 58 valence electrons. The summed E-state index contributed by atoms with van der Waals surface area (Å²) in [5.74, 6) is -0.185. The van der Waals surface area contributed by atoms with Gasteiger partial charge in [0.1, 0.15) is 5.76 Å². The molecular weight excluding hydrogens is 144 g/mol. The third-order valence-electron chi connectivity index (χ3n) is 1.16. The van der Waals surface area contributed by atoms with Gasteiger partial charge in [-0.2, -0.15) is 0 Å². The van der Waals surface area contributed by atoms with Crippen LogP contribution < -0.4 is 0 Å². The Hall–Kier alpha value is -1.51. The van der Waals surface area contributed by atoms with E-state index in [1.54, 1.807) is 12.3 Å². The van der Waals surface area contributed by atoms with Gasteiger partial charge < -0.3 is 9.84 Å². The lowest BCUT2D eigenvalue weighted by molar-refractivity contribution is -0.131. The van der Waals surface area contributed by atoms with Crippen molar-refractivity contribution >= 4 is 5.97 Å². The quantitative estimate of drug-likeness (QED) is 0.609. The molecule has 1 N–H and O–H groups in total. The van der Waals surface area contributed by atoms with E-state index in [0.717, 1.165) is 18.3 Å². The molecule has 1 rings (SSSR count). The van der Waals surface area contributed by atoms with Gasteiger partial charge in [-0.25, -0.2) is 4.79 Å². The Balaban J connectivity index is 2.41. The van der Waals surface area contributed by atoms with Crippen LogP contribution in [0.5, 0.6) is 0 Å². The number of ether oxygens (including phenoxy) is 1. The molecule has 3 heteroatoms. The highest BCUT2D eigenvalue weighted by Crippen LogP contribution is 2.12. The lowest BCUT2D eigenvalue weighted by Gasteiger charge is -1.91. The topological polar surface area (TPSA) is 46.5 Å². The minimum atomic E-state index is -0.951. The van der Waals surface area contributed by atoms with Crippen LogP contribution in [0.4, 0.5) is 0 Å². The van der Waals surface area contributed by atoms with Crippen molar-refractivity contribution in [3.05, 3.63) is 36.3 Å². The highest BCUT2D eigenvalue weighted by molar-refractivity contribution is 5.80. The minimum Gasteiger partial charge on any atom is -0.478 e. The molecule has 0 amide bonds. The molecule has 1 heterocycles. The summed E-state index contributed by atoms with van der Waals surface area (Å²) in [6.45, 7) is 0. The standard InChI is InChI=1S/C8H8O3/c9-8(10)5-1-3-7-4-2-6-11-7/h1-3,5-6H,4H2,(H,9,10). The number of hydrogen-bond donors (Lipinski definition) is 1. The first-order valence-electron chi connectivity index (χ1n) is 3.21. The second-order valence-corrected chi connectivity index (χ2v) is 2.02. The monoisotopic (exact) mass is 152 g/mol. The molecule has 0 unspecified atom stereocenters. The first-order valence-corrected chi connectivity index (χ1v) is 3.21. The van der Waals surface area contributed by atoms with Crippen LogP contribution in [-0.2, 0) is 9.53 Å².